The smallest absolute Gasteiger partial charge is 0.254 e. The molecular formula is C17H25N3O5S. The van der Waals surface area contributed by atoms with Crippen molar-refractivity contribution in [2.24, 2.45) is 0 Å². The van der Waals surface area contributed by atoms with Crippen molar-refractivity contribution in [3.05, 3.63) is 29.8 Å². The van der Waals surface area contributed by atoms with Gasteiger partial charge in [-0.25, -0.2) is 13.1 Å². The van der Waals surface area contributed by atoms with Crippen LogP contribution in [0.2, 0.25) is 0 Å². The Hall–Kier alpha value is -1.52. The van der Waals surface area contributed by atoms with Crippen molar-refractivity contribution in [3.8, 4) is 0 Å². The second-order valence-corrected chi connectivity index (χ2v) is 8.05. The lowest BCUT2D eigenvalue weighted by Gasteiger charge is -2.27. The first-order valence-corrected chi connectivity index (χ1v) is 10.3. The standard InChI is InChI=1S/C17H25N3O5S/c21-17(20-9-13-25-14-10-20)15-1-3-16(4-2-15)26(22,23)18-5-6-19-7-11-24-12-8-19/h1-4,18H,5-14H2. The first kappa shape index (κ1) is 19.2. The summed E-state index contributed by atoms with van der Waals surface area (Å²) in [6.45, 7) is 6.18. The number of sulfonamides is 1. The number of ether oxygens (including phenoxy) is 2. The summed E-state index contributed by atoms with van der Waals surface area (Å²) in [4.78, 5) is 16.4. The molecule has 9 heteroatoms. The summed E-state index contributed by atoms with van der Waals surface area (Å²) in [7, 11) is -3.58. The van der Waals surface area contributed by atoms with Crippen LogP contribution in [0.25, 0.3) is 0 Å². The molecule has 0 aromatic heterocycles. The second-order valence-electron chi connectivity index (χ2n) is 6.28. The fourth-order valence-corrected chi connectivity index (χ4v) is 3.99. The summed E-state index contributed by atoms with van der Waals surface area (Å²) < 4.78 is 37.9. The Bertz CT molecular complexity index is 696. The van der Waals surface area contributed by atoms with Gasteiger partial charge in [-0.2, -0.15) is 0 Å². The lowest BCUT2D eigenvalue weighted by Crippen LogP contribution is -2.41. The molecule has 144 valence electrons. The molecule has 0 bridgehead atoms. The zero-order valence-corrected chi connectivity index (χ0v) is 15.5. The van der Waals surface area contributed by atoms with Crippen molar-refractivity contribution in [1.29, 1.82) is 0 Å². The Morgan fingerprint density at radius 2 is 1.54 bits per heavy atom. The van der Waals surface area contributed by atoms with Crippen molar-refractivity contribution in [2.45, 2.75) is 4.90 Å². The molecular weight excluding hydrogens is 358 g/mol. The van der Waals surface area contributed by atoms with Gasteiger partial charge in [0, 0.05) is 44.8 Å². The molecule has 1 aromatic carbocycles. The topological polar surface area (TPSA) is 88.2 Å². The van der Waals surface area contributed by atoms with Crippen molar-refractivity contribution in [1.82, 2.24) is 14.5 Å². The first-order chi connectivity index (χ1) is 12.6. The predicted octanol–water partition coefficient (Wildman–Crippen LogP) is -0.230. The van der Waals surface area contributed by atoms with E-state index in [2.05, 4.69) is 9.62 Å². The zero-order chi connectivity index (χ0) is 18.4. The van der Waals surface area contributed by atoms with Crippen LogP contribution in [0.15, 0.2) is 29.2 Å². The van der Waals surface area contributed by atoms with Gasteiger partial charge in [-0.3, -0.25) is 9.69 Å². The van der Waals surface area contributed by atoms with Crippen LogP contribution in [0.3, 0.4) is 0 Å². The summed E-state index contributed by atoms with van der Waals surface area (Å²) in [5.41, 5.74) is 0.485. The van der Waals surface area contributed by atoms with E-state index in [0.29, 0.717) is 58.2 Å². The zero-order valence-electron chi connectivity index (χ0n) is 14.7. The summed E-state index contributed by atoms with van der Waals surface area (Å²) in [5, 5.41) is 0. The molecule has 0 unspecified atom stereocenters. The van der Waals surface area contributed by atoms with Crippen LogP contribution in [-0.4, -0.2) is 89.8 Å². The number of nitrogens with zero attached hydrogens (tertiary/aromatic N) is 2. The Labute approximate surface area is 154 Å². The molecule has 2 heterocycles. The normalized spacial score (nSPS) is 19.5. The van der Waals surface area contributed by atoms with Gasteiger partial charge in [-0.1, -0.05) is 0 Å². The van der Waals surface area contributed by atoms with E-state index in [0.717, 1.165) is 13.1 Å². The van der Waals surface area contributed by atoms with Gasteiger partial charge in [0.1, 0.15) is 0 Å². The van der Waals surface area contributed by atoms with Crippen LogP contribution in [0.1, 0.15) is 10.4 Å². The van der Waals surface area contributed by atoms with Gasteiger partial charge in [-0.05, 0) is 24.3 Å². The van der Waals surface area contributed by atoms with Crippen LogP contribution in [-0.2, 0) is 19.5 Å². The third-order valence-corrected chi connectivity index (χ3v) is 6.01. The van der Waals surface area contributed by atoms with E-state index >= 15 is 0 Å². The van der Waals surface area contributed by atoms with Gasteiger partial charge in [0.2, 0.25) is 10.0 Å². The molecule has 8 nitrogen and oxygen atoms in total. The molecule has 0 saturated carbocycles. The largest absolute Gasteiger partial charge is 0.379 e. The molecule has 0 atom stereocenters. The summed E-state index contributed by atoms with van der Waals surface area (Å²) >= 11 is 0. The molecule has 3 rings (SSSR count). The van der Waals surface area contributed by atoms with Crippen molar-refractivity contribution in [3.63, 3.8) is 0 Å². The van der Waals surface area contributed by atoms with Crippen molar-refractivity contribution < 1.29 is 22.7 Å². The molecule has 0 spiro atoms. The molecule has 2 aliphatic heterocycles. The van der Waals surface area contributed by atoms with E-state index in [1.54, 1.807) is 17.0 Å². The summed E-state index contributed by atoms with van der Waals surface area (Å²) in [6.07, 6.45) is 0. The minimum Gasteiger partial charge on any atom is -0.379 e. The number of rotatable bonds is 6. The number of hydrogen-bond acceptors (Lipinski definition) is 6. The average Bonchev–Trinajstić information content (AvgIpc) is 2.69. The lowest BCUT2D eigenvalue weighted by atomic mass is 10.2. The minimum atomic E-state index is -3.58. The Morgan fingerprint density at radius 3 is 2.15 bits per heavy atom. The van der Waals surface area contributed by atoms with Gasteiger partial charge < -0.3 is 14.4 Å². The molecule has 2 fully saturated rings. The van der Waals surface area contributed by atoms with Crippen LogP contribution >= 0.6 is 0 Å². The fourth-order valence-electron chi connectivity index (χ4n) is 2.97. The minimum absolute atomic E-state index is 0.0995. The number of carbonyl (C=O) groups is 1. The molecule has 1 amide bonds. The highest BCUT2D eigenvalue weighted by Crippen LogP contribution is 2.13. The number of morpholine rings is 2. The van der Waals surface area contributed by atoms with Gasteiger partial charge >= 0.3 is 0 Å². The lowest BCUT2D eigenvalue weighted by molar-refractivity contribution is 0.0303. The molecule has 2 saturated heterocycles. The third kappa shape index (κ3) is 5.01. The summed E-state index contributed by atoms with van der Waals surface area (Å²) in [5.74, 6) is -0.0995. The molecule has 1 N–H and O–H groups in total. The number of hydrogen-bond donors (Lipinski definition) is 1. The van der Waals surface area contributed by atoms with E-state index in [4.69, 9.17) is 9.47 Å². The number of nitrogens with one attached hydrogen (secondary N) is 1. The monoisotopic (exact) mass is 383 g/mol. The number of benzene rings is 1. The van der Waals surface area contributed by atoms with Gasteiger partial charge in [0.25, 0.3) is 5.91 Å². The maximum atomic E-state index is 12.4. The Kier molecular flexibility index (Phi) is 6.60. The molecule has 0 aliphatic carbocycles. The highest BCUT2D eigenvalue weighted by atomic mass is 32.2. The highest BCUT2D eigenvalue weighted by molar-refractivity contribution is 7.89. The first-order valence-electron chi connectivity index (χ1n) is 8.83. The van der Waals surface area contributed by atoms with E-state index < -0.39 is 10.0 Å². The second kappa shape index (κ2) is 8.92. The van der Waals surface area contributed by atoms with Gasteiger partial charge in [0.05, 0.1) is 31.3 Å². The third-order valence-electron chi connectivity index (χ3n) is 4.53. The fraction of sp³-hybridized carbons (Fsp3) is 0.588. The van der Waals surface area contributed by atoms with E-state index in [1.165, 1.54) is 12.1 Å². The molecule has 2 aliphatic rings. The Balaban J connectivity index is 1.55. The van der Waals surface area contributed by atoms with E-state index in [9.17, 15) is 13.2 Å². The average molecular weight is 383 g/mol. The summed E-state index contributed by atoms with van der Waals surface area (Å²) in [6, 6.07) is 6.08. The van der Waals surface area contributed by atoms with Gasteiger partial charge in [-0.15, -0.1) is 0 Å². The predicted molar refractivity (Wildman–Crippen MR) is 95.6 cm³/mol. The Morgan fingerprint density at radius 1 is 0.962 bits per heavy atom. The highest BCUT2D eigenvalue weighted by Gasteiger charge is 2.20. The maximum Gasteiger partial charge on any atom is 0.254 e. The number of carbonyl (C=O) groups excluding carboxylic acids is 1. The van der Waals surface area contributed by atoms with Crippen LogP contribution < -0.4 is 4.72 Å². The van der Waals surface area contributed by atoms with Crippen LogP contribution in [0, 0.1) is 0 Å². The maximum absolute atomic E-state index is 12.4. The molecule has 1 aromatic rings. The molecule has 26 heavy (non-hydrogen) atoms. The quantitative estimate of drug-likeness (QED) is 0.730. The van der Waals surface area contributed by atoms with Gasteiger partial charge in [0.15, 0.2) is 0 Å². The van der Waals surface area contributed by atoms with Crippen LogP contribution in [0.4, 0.5) is 0 Å². The SMILES string of the molecule is O=C(c1ccc(S(=O)(=O)NCCN2CCOCC2)cc1)N1CCOCC1. The van der Waals surface area contributed by atoms with Crippen molar-refractivity contribution in [2.75, 3.05) is 65.7 Å². The van der Waals surface area contributed by atoms with Crippen LogP contribution in [0.5, 0.6) is 0 Å². The van der Waals surface area contributed by atoms with E-state index in [1.807, 2.05) is 0 Å². The number of amides is 1. The van der Waals surface area contributed by atoms with E-state index in [-0.39, 0.29) is 10.8 Å². The molecule has 0 radical (unpaired) electrons. The van der Waals surface area contributed by atoms with Crippen molar-refractivity contribution >= 4 is 15.9 Å².